The van der Waals surface area contributed by atoms with E-state index in [1.807, 2.05) is 42.5 Å². The lowest BCUT2D eigenvalue weighted by molar-refractivity contribution is 0.737. The zero-order valence-corrected chi connectivity index (χ0v) is 13.6. The number of nitrogens with one attached hydrogen (secondary N) is 1. The second-order valence-corrected chi connectivity index (χ2v) is 5.89. The molecule has 25 heavy (non-hydrogen) atoms. The molecule has 0 bridgehead atoms. The number of aromatic nitrogens is 4. The van der Waals surface area contributed by atoms with Crippen molar-refractivity contribution < 1.29 is 0 Å². The summed E-state index contributed by atoms with van der Waals surface area (Å²) < 4.78 is 3.08. The zero-order chi connectivity index (χ0) is 17.4. The van der Waals surface area contributed by atoms with Crippen LogP contribution >= 0.6 is 0 Å². The number of pyridine rings is 2. The number of H-pyrrole nitrogens is 1. The van der Waals surface area contributed by atoms with Crippen LogP contribution in [0, 0.1) is 6.92 Å². The van der Waals surface area contributed by atoms with Crippen molar-refractivity contribution in [2.24, 2.45) is 0 Å². The molecule has 4 aromatic rings. The van der Waals surface area contributed by atoms with E-state index in [1.54, 1.807) is 23.9 Å². The predicted octanol–water partition coefficient (Wildman–Crippen LogP) is 2.23. The summed E-state index contributed by atoms with van der Waals surface area (Å²) in [6.45, 7) is 2.20. The van der Waals surface area contributed by atoms with Crippen molar-refractivity contribution in [3.63, 3.8) is 0 Å². The van der Waals surface area contributed by atoms with E-state index in [-0.39, 0.29) is 11.1 Å². The van der Waals surface area contributed by atoms with Gasteiger partial charge in [0.15, 0.2) is 0 Å². The molecule has 4 rings (SSSR count). The van der Waals surface area contributed by atoms with Gasteiger partial charge in [0.1, 0.15) is 0 Å². The molecule has 0 radical (unpaired) electrons. The summed E-state index contributed by atoms with van der Waals surface area (Å²) in [5.41, 5.74) is 2.57. The summed E-state index contributed by atoms with van der Waals surface area (Å²) in [6.07, 6.45) is 3.37. The van der Waals surface area contributed by atoms with Crippen LogP contribution in [0.1, 0.15) is 11.3 Å². The number of hydrogen-bond donors (Lipinski definition) is 1. The summed E-state index contributed by atoms with van der Waals surface area (Å²) in [5, 5.41) is 3.56. The summed E-state index contributed by atoms with van der Waals surface area (Å²) in [7, 11) is 0. The molecule has 0 atom stereocenters. The summed E-state index contributed by atoms with van der Waals surface area (Å²) >= 11 is 0. The molecular weight excluding hydrogens is 316 g/mol. The Morgan fingerprint density at radius 3 is 2.48 bits per heavy atom. The number of hydrogen-bond acceptors (Lipinski definition) is 3. The van der Waals surface area contributed by atoms with Gasteiger partial charge in [-0.15, -0.1) is 0 Å². The van der Waals surface area contributed by atoms with Gasteiger partial charge in [0.05, 0.1) is 23.1 Å². The zero-order valence-electron chi connectivity index (χ0n) is 13.6. The molecule has 3 heterocycles. The highest BCUT2D eigenvalue weighted by atomic mass is 16.1. The Morgan fingerprint density at radius 1 is 1.04 bits per heavy atom. The van der Waals surface area contributed by atoms with E-state index in [9.17, 15) is 9.59 Å². The summed E-state index contributed by atoms with van der Waals surface area (Å²) in [4.78, 5) is 29.4. The highest BCUT2D eigenvalue weighted by Gasteiger charge is 2.15. The van der Waals surface area contributed by atoms with E-state index in [1.165, 1.54) is 10.7 Å². The van der Waals surface area contributed by atoms with Gasteiger partial charge in [-0.05, 0) is 36.8 Å². The van der Waals surface area contributed by atoms with Crippen LogP contribution in [-0.2, 0) is 6.54 Å². The largest absolute Gasteiger partial charge is 0.308 e. The third-order valence-corrected chi connectivity index (χ3v) is 4.32. The van der Waals surface area contributed by atoms with E-state index in [2.05, 4.69) is 10.1 Å². The van der Waals surface area contributed by atoms with E-state index in [0.29, 0.717) is 23.1 Å². The maximum Gasteiger partial charge on any atom is 0.280 e. The standard InChI is InChI=1S/C19H16N4O2/c1-13-18-16(21-23(19(18)25)15-5-3-2-4-6-15)11-17(24)22(13)12-14-7-9-20-10-8-14/h2-11,21H,12H2,1H3. The molecule has 1 aromatic carbocycles. The molecule has 6 nitrogen and oxygen atoms in total. The van der Waals surface area contributed by atoms with Crippen LogP contribution in [0.2, 0.25) is 0 Å². The molecule has 3 aromatic heterocycles. The van der Waals surface area contributed by atoms with Gasteiger partial charge in [-0.3, -0.25) is 19.7 Å². The smallest absolute Gasteiger partial charge is 0.280 e. The van der Waals surface area contributed by atoms with Gasteiger partial charge >= 0.3 is 0 Å². The van der Waals surface area contributed by atoms with E-state index in [0.717, 1.165) is 11.3 Å². The van der Waals surface area contributed by atoms with Gasteiger partial charge in [0, 0.05) is 24.2 Å². The van der Waals surface area contributed by atoms with Crippen molar-refractivity contribution in [1.29, 1.82) is 0 Å². The lowest BCUT2D eigenvalue weighted by Crippen LogP contribution is -2.23. The van der Waals surface area contributed by atoms with Crippen molar-refractivity contribution >= 4 is 10.9 Å². The summed E-state index contributed by atoms with van der Waals surface area (Å²) in [5.74, 6) is 0. The third kappa shape index (κ3) is 2.57. The van der Waals surface area contributed by atoms with Crippen LogP contribution in [0.4, 0.5) is 0 Å². The Hall–Kier alpha value is -3.41. The van der Waals surface area contributed by atoms with Crippen LogP contribution < -0.4 is 11.1 Å². The van der Waals surface area contributed by atoms with Gasteiger partial charge in [-0.25, -0.2) is 4.68 Å². The normalized spacial score (nSPS) is 11.1. The Kier molecular flexibility index (Phi) is 3.57. The molecular formula is C19H16N4O2. The number of rotatable bonds is 3. The topological polar surface area (TPSA) is 72.7 Å². The average molecular weight is 332 g/mol. The number of benzene rings is 1. The van der Waals surface area contributed by atoms with Crippen LogP contribution in [0.3, 0.4) is 0 Å². The predicted molar refractivity (Wildman–Crippen MR) is 96.2 cm³/mol. The first-order valence-electron chi connectivity index (χ1n) is 7.94. The highest BCUT2D eigenvalue weighted by molar-refractivity contribution is 5.80. The molecule has 0 unspecified atom stereocenters. The molecule has 0 aliphatic carbocycles. The SMILES string of the molecule is Cc1c2c(=O)n(-c3ccccc3)[nH]c2cc(=O)n1Cc1ccncc1. The van der Waals surface area contributed by atoms with Crippen molar-refractivity contribution in [1.82, 2.24) is 19.3 Å². The summed E-state index contributed by atoms with van der Waals surface area (Å²) in [6, 6.07) is 14.5. The van der Waals surface area contributed by atoms with Crippen LogP contribution in [0.25, 0.3) is 16.6 Å². The molecule has 6 heteroatoms. The Bertz CT molecular complexity index is 1160. The second-order valence-electron chi connectivity index (χ2n) is 5.89. The number of aromatic amines is 1. The number of nitrogens with zero attached hydrogens (tertiary/aromatic N) is 3. The molecule has 1 N–H and O–H groups in total. The first kappa shape index (κ1) is 15.1. The Morgan fingerprint density at radius 2 is 1.76 bits per heavy atom. The number of fused-ring (bicyclic) bond motifs is 1. The number of aryl methyl sites for hydroxylation is 1. The van der Waals surface area contributed by atoms with Gasteiger partial charge in [0.2, 0.25) is 0 Å². The Labute approximate surface area is 143 Å². The van der Waals surface area contributed by atoms with Gasteiger partial charge in [0.25, 0.3) is 11.1 Å². The van der Waals surface area contributed by atoms with Crippen molar-refractivity contribution in [2.75, 3.05) is 0 Å². The minimum atomic E-state index is -0.165. The molecule has 0 aliphatic rings. The fourth-order valence-corrected chi connectivity index (χ4v) is 3.04. The molecule has 124 valence electrons. The fraction of sp³-hybridized carbons (Fsp3) is 0.105. The minimum absolute atomic E-state index is 0.150. The first-order chi connectivity index (χ1) is 12.1. The fourth-order valence-electron chi connectivity index (χ4n) is 3.04. The quantitative estimate of drug-likeness (QED) is 0.625. The molecule has 0 saturated carbocycles. The lowest BCUT2D eigenvalue weighted by atomic mass is 10.2. The van der Waals surface area contributed by atoms with Gasteiger partial charge < -0.3 is 4.57 Å². The van der Waals surface area contributed by atoms with E-state index in [4.69, 9.17) is 0 Å². The van der Waals surface area contributed by atoms with Crippen molar-refractivity contribution in [2.45, 2.75) is 13.5 Å². The van der Waals surface area contributed by atoms with Crippen molar-refractivity contribution in [3.05, 3.63) is 92.9 Å². The molecule has 0 saturated heterocycles. The molecule has 0 spiro atoms. The van der Waals surface area contributed by atoms with E-state index >= 15 is 0 Å². The number of para-hydroxylation sites is 1. The molecule has 0 fully saturated rings. The van der Waals surface area contributed by atoms with Crippen molar-refractivity contribution in [3.8, 4) is 5.69 Å². The minimum Gasteiger partial charge on any atom is -0.308 e. The van der Waals surface area contributed by atoms with Crippen LogP contribution in [0.15, 0.2) is 70.5 Å². The van der Waals surface area contributed by atoms with Crippen LogP contribution in [-0.4, -0.2) is 19.3 Å². The monoisotopic (exact) mass is 332 g/mol. The second kappa shape index (κ2) is 5.90. The lowest BCUT2D eigenvalue weighted by Gasteiger charge is -2.09. The Balaban J connectivity index is 1.92. The van der Waals surface area contributed by atoms with Gasteiger partial charge in [-0.2, -0.15) is 0 Å². The average Bonchev–Trinajstić information content (AvgIpc) is 2.96. The molecule has 0 amide bonds. The van der Waals surface area contributed by atoms with E-state index < -0.39 is 0 Å². The molecule has 0 aliphatic heterocycles. The first-order valence-corrected chi connectivity index (χ1v) is 7.94. The maximum atomic E-state index is 12.9. The van der Waals surface area contributed by atoms with Crippen LogP contribution in [0.5, 0.6) is 0 Å². The highest BCUT2D eigenvalue weighted by Crippen LogP contribution is 2.14. The maximum absolute atomic E-state index is 12.9. The third-order valence-electron chi connectivity index (χ3n) is 4.32. The van der Waals surface area contributed by atoms with Gasteiger partial charge in [-0.1, -0.05) is 18.2 Å².